The summed E-state index contributed by atoms with van der Waals surface area (Å²) in [5.41, 5.74) is 3.07. The van der Waals surface area contributed by atoms with Crippen LogP contribution < -0.4 is 0 Å². The van der Waals surface area contributed by atoms with Crippen LogP contribution in [-0.4, -0.2) is 39.5 Å². The van der Waals surface area contributed by atoms with E-state index >= 15 is 0 Å². The first kappa shape index (κ1) is 33.0. The zero-order valence-corrected chi connectivity index (χ0v) is 28.8. The van der Waals surface area contributed by atoms with Crippen LogP contribution in [0.25, 0.3) is 109 Å². The minimum Gasteiger partial charge on any atom is -0.324 e. The van der Waals surface area contributed by atoms with Crippen LogP contribution in [0.1, 0.15) is 22.3 Å². The third-order valence-electron chi connectivity index (χ3n) is 9.62. The fraction of sp³-hybridized carbons (Fsp3) is 0.0244. The summed E-state index contributed by atoms with van der Waals surface area (Å²) in [6.07, 6.45) is 0. The Balaban J connectivity index is 1.56. The van der Waals surface area contributed by atoms with Gasteiger partial charge in [-0.3, -0.25) is 9.69 Å². The highest BCUT2D eigenvalue weighted by atomic mass is 15.1. The van der Waals surface area contributed by atoms with Gasteiger partial charge in [0.05, 0.1) is 60.7 Å². The number of aryl methyl sites for hydroxylation is 1. The van der Waals surface area contributed by atoms with Gasteiger partial charge in [-0.1, -0.05) is 12.1 Å². The van der Waals surface area contributed by atoms with Crippen molar-refractivity contribution in [1.29, 1.82) is 21.0 Å². The summed E-state index contributed by atoms with van der Waals surface area (Å²) in [6, 6.07) is 20.3. The fourth-order valence-corrected chi connectivity index (χ4v) is 6.93. The minimum absolute atomic E-state index is 0.0629. The lowest BCUT2D eigenvalue weighted by Gasteiger charge is -2.02. The van der Waals surface area contributed by atoms with Crippen molar-refractivity contribution >= 4 is 66.9 Å². The molecule has 8 bridgehead atoms. The Hall–Kier alpha value is -9.84. The van der Waals surface area contributed by atoms with Crippen molar-refractivity contribution < 1.29 is 0 Å². The van der Waals surface area contributed by atoms with Gasteiger partial charge >= 0.3 is 0 Å². The molecular weight excluding hydrogens is 717 g/mol. The van der Waals surface area contributed by atoms with E-state index in [0.717, 1.165) is 0 Å². The van der Waals surface area contributed by atoms with E-state index in [4.69, 9.17) is 56.2 Å². The molecule has 2 aliphatic rings. The molecule has 4 aromatic carbocycles. The van der Waals surface area contributed by atoms with E-state index in [1.807, 2.05) is 12.1 Å². The van der Waals surface area contributed by atoms with Gasteiger partial charge < -0.3 is 9.55 Å². The molecule has 3 aromatic heterocycles. The maximum absolute atomic E-state index is 9.96. The van der Waals surface area contributed by atoms with Crippen molar-refractivity contribution in [3.8, 4) is 69.8 Å². The van der Waals surface area contributed by atoms with E-state index in [1.54, 1.807) is 23.7 Å². The Morgan fingerprint density at radius 3 is 1.19 bits per heavy atom. The number of rotatable bonds is 0. The molecule has 16 nitrogen and oxygen atoms in total. The molecule has 5 heterocycles. The second-order valence-electron chi connectivity index (χ2n) is 12.5. The summed E-state index contributed by atoms with van der Waals surface area (Å²) in [6.45, 7) is 31.1. The number of nitrogens with one attached hydrogen (secondary N) is 1. The highest BCUT2D eigenvalue weighted by Crippen LogP contribution is 2.43. The van der Waals surface area contributed by atoms with Crippen molar-refractivity contribution in [3.05, 3.63) is 116 Å². The largest absolute Gasteiger partial charge is 0.324 e. The molecule has 0 unspecified atom stereocenters. The Labute approximate surface area is 320 Å². The number of nitriles is 4. The van der Waals surface area contributed by atoms with Crippen LogP contribution >= 0.6 is 0 Å². The molecule has 0 atom stereocenters. The van der Waals surface area contributed by atoms with Crippen molar-refractivity contribution in [2.45, 2.75) is 0 Å². The van der Waals surface area contributed by atoms with Gasteiger partial charge in [-0.15, -0.1) is 0 Å². The molecule has 0 saturated heterocycles. The number of aromatic amines is 1. The smallest absolute Gasteiger partial charge is 0.205 e. The summed E-state index contributed by atoms with van der Waals surface area (Å²) in [4.78, 5) is 46.7. The average molecular weight is 729 g/mol. The van der Waals surface area contributed by atoms with E-state index in [1.165, 1.54) is 36.4 Å². The molecule has 0 saturated carbocycles. The lowest BCUT2D eigenvalue weighted by molar-refractivity contribution is 0.967. The van der Waals surface area contributed by atoms with Gasteiger partial charge in [0.1, 0.15) is 34.7 Å². The molecule has 0 radical (unpaired) electrons. The summed E-state index contributed by atoms with van der Waals surface area (Å²) in [5, 5.41) is 41.5. The second-order valence-corrected chi connectivity index (χ2v) is 12.5. The molecule has 256 valence electrons. The van der Waals surface area contributed by atoms with E-state index in [9.17, 15) is 21.0 Å². The number of H-pyrrole nitrogens is 1. The van der Waals surface area contributed by atoms with Gasteiger partial charge in [-0.05, 0) is 36.4 Å². The number of aromatic nitrogens is 8. The van der Waals surface area contributed by atoms with Gasteiger partial charge in [0, 0.05) is 50.8 Å². The maximum Gasteiger partial charge on any atom is 0.205 e. The van der Waals surface area contributed by atoms with Gasteiger partial charge in [0.25, 0.3) is 0 Å². The molecule has 0 amide bonds. The van der Waals surface area contributed by atoms with Crippen LogP contribution in [0.5, 0.6) is 0 Å². The van der Waals surface area contributed by atoms with Crippen LogP contribution in [0.2, 0.25) is 0 Å². The van der Waals surface area contributed by atoms with Crippen molar-refractivity contribution in [2.24, 2.45) is 7.05 Å². The number of benzene rings is 4. The highest BCUT2D eigenvalue weighted by Gasteiger charge is 2.26. The molecule has 0 fully saturated rings. The number of hydrogen-bond donors (Lipinski definition) is 1. The predicted molar refractivity (Wildman–Crippen MR) is 205 cm³/mol. The normalized spacial score (nSPS) is 10.8. The summed E-state index contributed by atoms with van der Waals surface area (Å²) >= 11 is 0. The van der Waals surface area contributed by atoms with Crippen LogP contribution in [0.3, 0.4) is 0 Å². The summed E-state index contributed by atoms with van der Waals surface area (Å²) in [7, 11) is 1.69. The first-order valence-electron chi connectivity index (χ1n) is 16.4. The molecule has 57 heavy (non-hydrogen) atoms. The molecule has 0 spiro atoms. The number of nitrogens with zero attached hydrogens (tertiary/aromatic N) is 15. The van der Waals surface area contributed by atoms with Gasteiger partial charge in [0.15, 0.2) is 34.7 Å². The van der Waals surface area contributed by atoms with E-state index < -0.39 is 0 Å². The molecule has 7 aromatic rings. The molecule has 1 N–H and O–H groups in total. The Morgan fingerprint density at radius 1 is 0.456 bits per heavy atom. The van der Waals surface area contributed by atoms with E-state index in [2.05, 4.69) is 36.5 Å². The van der Waals surface area contributed by atoms with Crippen molar-refractivity contribution in [1.82, 2.24) is 39.5 Å². The first-order chi connectivity index (χ1) is 27.7. The van der Waals surface area contributed by atoms with E-state index in [0.29, 0.717) is 43.8 Å². The molecule has 0 aliphatic carbocycles. The Kier molecular flexibility index (Phi) is 7.02. The Bertz CT molecular complexity index is 3410. The topological polar surface area (TPSA) is 211 Å². The standard InChI is InChI=1S/C41H12N16/c1-46-30-10-26-24(8-20(30)16-44)36-51-34-22-6-18(14-42)19(15-43)7-23(22)35(50-34)52-37-25-9-21(17-45)31(47-2)11-27(25)39(54-37)56-41-29-13-33(49-4)32(48-3)12-28(29)40(57(41)5)55-38(26)53-36/h6-13H,5H3,(H,50,51,52,53,54,55,56). The third-order valence-corrected chi connectivity index (χ3v) is 9.62. The summed E-state index contributed by atoms with van der Waals surface area (Å²) < 4.78 is 1.64. The monoisotopic (exact) mass is 728 g/mol. The van der Waals surface area contributed by atoms with Gasteiger partial charge in [0.2, 0.25) is 11.4 Å². The van der Waals surface area contributed by atoms with Crippen molar-refractivity contribution in [2.75, 3.05) is 0 Å². The van der Waals surface area contributed by atoms with Gasteiger partial charge in [-0.25, -0.2) is 39.6 Å². The SMILES string of the molecule is [C-]#[N+]c1cc2c(cc1C#N)-c1nc-2nc2c3cc([N+]#[C-])c([N+]#[C-])cc3c(nc3nc(nc4[nH]c(n1)c1cc(C#N)c(C#N)cc41)-c1cc(C#N)c([N+]#[C-])cc1-3)n2C. The molecule has 2 aliphatic heterocycles. The Morgan fingerprint density at radius 2 is 0.825 bits per heavy atom. The van der Waals surface area contributed by atoms with Crippen LogP contribution in [0.15, 0.2) is 48.5 Å². The predicted octanol–water partition coefficient (Wildman–Crippen LogP) is 8.57. The third kappa shape index (κ3) is 4.72. The zero-order valence-electron chi connectivity index (χ0n) is 28.8. The summed E-state index contributed by atoms with van der Waals surface area (Å²) in [5.74, 6) is 0.444. The highest BCUT2D eigenvalue weighted by molar-refractivity contribution is 6.10. The zero-order chi connectivity index (χ0) is 39.7. The van der Waals surface area contributed by atoms with Crippen LogP contribution in [0.4, 0.5) is 22.7 Å². The average Bonchev–Trinajstić information content (AvgIpc) is 3.94. The van der Waals surface area contributed by atoms with E-state index in [-0.39, 0.29) is 90.9 Å². The maximum atomic E-state index is 9.96. The lowest BCUT2D eigenvalue weighted by atomic mass is 10.0. The fourth-order valence-electron chi connectivity index (χ4n) is 6.93. The quantitative estimate of drug-likeness (QED) is 0.147. The first-order valence-corrected chi connectivity index (χ1v) is 16.4. The van der Waals surface area contributed by atoms with Crippen LogP contribution in [-0.2, 0) is 7.05 Å². The molecule has 16 heteroatoms. The number of hydrogen-bond acceptors (Lipinski definition) is 10. The number of fused-ring (bicyclic) bond motifs is 20. The lowest BCUT2D eigenvalue weighted by Crippen LogP contribution is -1.93. The van der Waals surface area contributed by atoms with Crippen molar-refractivity contribution in [3.63, 3.8) is 0 Å². The van der Waals surface area contributed by atoms with Gasteiger partial charge in [-0.2, -0.15) is 21.0 Å². The second kappa shape index (κ2) is 12.1. The molecular formula is C41H12N16. The molecule has 9 rings (SSSR count). The minimum atomic E-state index is 0.0629. The van der Waals surface area contributed by atoms with Crippen LogP contribution in [0, 0.1) is 71.6 Å².